The van der Waals surface area contributed by atoms with Gasteiger partial charge in [-0.05, 0) is 49.2 Å². The lowest BCUT2D eigenvalue weighted by atomic mass is 9.97. The fourth-order valence-corrected chi connectivity index (χ4v) is 6.17. The Bertz CT molecular complexity index is 1750. The van der Waals surface area contributed by atoms with Crippen molar-refractivity contribution in [3.05, 3.63) is 92.8 Å². The summed E-state index contributed by atoms with van der Waals surface area (Å²) >= 11 is 1.41. The minimum atomic E-state index is -0.805. The summed E-state index contributed by atoms with van der Waals surface area (Å²) in [6.07, 6.45) is 0. The monoisotopic (exact) mass is 498 g/mol. The molecular formula is C28H22N2O5S. The predicted molar refractivity (Wildman–Crippen MR) is 140 cm³/mol. The number of amides is 1. The molecular weight excluding hydrogens is 476 g/mol. The van der Waals surface area contributed by atoms with Crippen LogP contribution in [0.4, 0.5) is 5.13 Å². The second kappa shape index (κ2) is 8.20. The van der Waals surface area contributed by atoms with Crippen LogP contribution < -0.4 is 19.8 Å². The number of carbonyl (C=O) groups is 1. The van der Waals surface area contributed by atoms with Crippen molar-refractivity contribution < 1.29 is 18.7 Å². The maximum absolute atomic E-state index is 13.9. The molecule has 8 heteroatoms. The second-order valence-electron chi connectivity index (χ2n) is 8.76. The number of thiazole rings is 1. The molecule has 3 aromatic carbocycles. The van der Waals surface area contributed by atoms with Crippen molar-refractivity contribution in [2.24, 2.45) is 0 Å². The van der Waals surface area contributed by atoms with Gasteiger partial charge in [0.15, 0.2) is 22.1 Å². The zero-order valence-corrected chi connectivity index (χ0v) is 20.9. The number of ether oxygens (including phenoxy) is 2. The first-order valence-electron chi connectivity index (χ1n) is 11.4. The van der Waals surface area contributed by atoms with Crippen molar-refractivity contribution in [2.75, 3.05) is 19.1 Å². The molecule has 0 saturated carbocycles. The van der Waals surface area contributed by atoms with Gasteiger partial charge in [0.05, 0.1) is 35.4 Å². The van der Waals surface area contributed by atoms with Crippen LogP contribution in [0.2, 0.25) is 0 Å². The van der Waals surface area contributed by atoms with Crippen LogP contribution in [0.25, 0.3) is 21.2 Å². The Morgan fingerprint density at radius 1 is 1.00 bits per heavy atom. The summed E-state index contributed by atoms with van der Waals surface area (Å²) in [4.78, 5) is 34.2. The molecule has 0 spiro atoms. The second-order valence-corrected chi connectivity index (χ2v) is 9.76. The number of nitrogens with zero attached hydrogens (tertiary/aromatic N) is 2. The minimum absolute atomic E-state index is 0.0146. The Morgan fingerprint density at radius 3 is 2.58 bits per heavy atom. The first-order valence-corrected chi connectivity index (χ1v) is 12.2. The SMILES string of the molecule is COc1cccc(C2c3c(oc4ccccc4c3=O)C(=O)N2c2nc3c(C)cc(C)cc3s2)c1OC. The van der Waals surface area contributed by atoms with Crippen molar-refractivity contribution in [3.8, 4) is 11.5 Å². The zero-order valence-electron chi connectivity index (χ0n) is 20.1. The molecule has 1 unspecified atom stereocenters. The number of methoxy groups -OCH3 is 2. The summed E-state index contributed by atoms with van der Waals surface area (Å²) in [7, 11) is 3.09. The molecule has 180 valence electrons. The number of carbonyl (C=O) groups excluding carboxylic acids is 1. The number of hydrogen-bond acceptors (Lipinski definition) is 7. The van der Waals surface area contributed by atoms with Crippen LogP contribution in [-0.2, 0) is 0 Å². The summed E-state index contributed by atoms with van der Waals surface area (Å²) in [6, 6.07) is 15.7. The lowest BCUT2D eigenvalue weighted by Gasteiger charge is -2.24. The van der Waals surface area contributed by atoms with E-state index in [1.165, 1.54) is 18.4 Å². The quantitative estimate of drug-likeness (QED) is 0.312. The largest absolute Gasteiger partial charge is 0.493 e. The maximum atomic E-state index is 13.9. The Hall–Kier alpha value is -4.17. The van der Waals surface area contributed by atoms with E-state index in [0.29, 0.717) is 33.2 Å². The summed E-state index contributed by atoms with van der Waals surface area (Å²) in [5.41, 5.74) is 3.93. The van der Waals surface area contributed by atoms with E-state index < -0.39 is 11.9 Å². The van der Waals surface area contributed by atoms with Crippen LogP contribution in [-0.4, -0.2) is 25.1 Å². The van der Waals surface area contributed by atoms with Gasteiger partial charge in [-0.2, -0.15) is 0 Å². The third-order valence-electron chi connectivity index (χ3n) is 6.53. The number of hydrogen-bond donors (Lipinski definition) is 0. The third kappa shape index (κ3) is 3.14. The fraction of sp³-hybridized carbons (Fsp3) is 0.179. The number of fused-ring (bicyclic) bond motifs is 3. The average Bonchev–Trinajstić information content (AvgIpc) is 3.42. The van der Waals surface area contributed by atoms with Gasteiger partial charge in [0.25, 0.3) is 5.91 Å². The summed E-state index contributed by atoms with van der Waals surface area (Å²) in [6.45, 7) is 4.03. The molecule has 1 aliphatic rings. The Kier molecular flexibility index (Phi) is 5.08. The van der Waals surface area contributed by atoms with Crippen molar-refractivity contribution in [3.63, 3.8) is 0 Å². The minimum Gasteiger partial charge on any atom is -0.493 e. The third-order valence-corrected chi connectivity index (χ3v) is 7.53. The molecule has 1 aliphatic heterocycles. The summed E-state index contributed by atoms with van der Waals surface area (Å²) in [5, 5.41) is 0.891. The van der Waals surface area contributed by atoms with Crippen molar-refractivity contribution in [1.82, 2.24) is 4.98 Å². The number of anilines is 1. The lowest BCUT2D eigenvalue weighted by Crippen LogP contribution is -2.29. The van der Waals surface area contributed by atoms with Crippen LogP contribution >= 0.6 is 11.3 Å². The van der Waals surface area contributed by atoms with Gasteiger partial charge in [0.2, 0.25) is 5.76 Å². The Balaban J connectivity index is 1.68. The molecule has 0 saturated heterocycles. The van der Waals surface area contributed by atoms with Gasteiger partial charge < -0.3 is 13.9 Å². The van der Waals surface area contributed by atoms with Gasteiger partial charge in [0.1, 0.15) is 11.6 Å². The van der Waals surface area contributed by atoms with E-state index in [1.807, 2.05) is 26.0 Å². The molecule has 7 nitrogen and oxygen atoms in total. The molecule has 0 radical (unpaired) electrons. The van der Waals surface area contributed by atoms with Gasteiger partial charge in [-0.15, -0.1) is 0 Å². The molecule has 0 fully saturated rings. The fourth-order valence-electron chi connectivity index (χ4n) is 5.00. The van der Waals surface area contributed by atoms with E-state index >= 15 is 0 Å². The molecule has 36 heavy (non-hydrogen) atoms. The smallest absolute Gasteiger partial charge is 0.297 e. The van der Waals surface area contributed by atoms with E-state index in [1.54, 1.807) is 42.3 Å². The number of rotatable bonds is 4. The number of aryl methyl sites for hydroxylation is 2. The van der Waals surface area contributed by atoms with E-state index in [-0.39, 0.29) is 16.8 Å². The maximum Gasteiger partial charge on any atom is 0.297 e. The average molecular weight is 499 g/mol. The van der Waals surface area contributed by atoms with E-state index in [2.05, 4.69) is 12.1 Å². The highest BCUT2D eigenvalue weighted by atomic mass is 32.1. The molecule has 1 amide bonds. The van der Waals surface area contributed by atoms with Crippen molar-refractivity contribution in [2.45, 2.75) is 19.9 Å². The van der Waals surface area contributed by atoms with Crippen LogP contribution in [0.3, 0.4) is 0 Å². The molecule has 3 heterocycles. The van der Waals surface area contributed by atoms with Crippen molar-refractivity contribution in [1.29, 1.82) is 0 Å². The Morgan fingerprint density at radius 2 is 1.81 bits per heavy atom. The van der Waals surface area contributed by atoms with E-state index in [4.69, 9.17) is 18.9 Å². The zero-order chi connectivity index (χ0) is 25.1. The van der Waals surface area contributed by atoms with Gasteiger partial charge in [0, 0.05) is 5.56 Å². The van der Waals surface area contributed by atoms with Crippen molar-refractivity contribution >= 4 is 43.6 Å². The highest BCUT2D eigenvalue weighted by Crippen LogP contribution is 2.48. The first kappa shape index (κ1) is 22.3. The van der Waals surface area contributed by atoms with E-state index in [9.17, 15) is 9.59 Å². The van der Waals surface area contributed by atoms with Crippen LogP contribution in [0, 0.1) is 13.8 Å². The van der Waals surface area contributed by atoms with Crippen LogP contribution in [0.5, 0.6) is 11.5 Å². The molecule has 0 bridgehead atoms. The molecule has 0 N–H and O–H groups in total. The molecule has 1 atom stereocenters. The predicted octanol–water partition coefficient (Wildman–Crippen LogP) is 5.79. The topological polar surface area (TPSA) is 81.9 Å². The standard InChI is InChI=1S/C28H22N2O5S/c1-14-12-15(2)22-20(13-14)36-28(29-22)30-23(17-9-7-11-19(33-3)25(17)34-4)21-24(31)16-8-5-6-10-18(16)35-26(21)27(30)32/h5-13,23H,1-4H3. The number of para-hydroxylation sites is 2. The molecule has 5 aromatic rings. The van der Waals surface area contributed by atoms with Gasteiger partial charge in [-0.3, -0.25) is 14.5 Å². The highest BCUT2D eigenvalue weighted by Gasteiger charge is 2.46. The summed E-state index contributed by atoms with van der Waals surface area (Å²) in [5.74, 6) is 0.532. The van der Waals surface area contributed by atoms with Crippen LogP contribution in [0.15, 0.2) is 63.8 Å². The highest BCUT2D eigenvalue weighted by molar-refractivity contribution is 7.22. The van der Waals surface area contributed by atoms with Gasteiger partial charge >= 0.3 is 0 Å². The molecule has 6 rings (SSSR count). The van der Waals surface area contributed by atoms with Crippen LogP contribution in [0.1, 0.15) is 38.9 Å². The lowest BCUT2D eigenvalue weighted by molar-refractivity contribution is 0.0970. The molecule has 0 aliphatic carbocycles. The van der Waals surface area contributed by atoms with Gasteiger partial charge in [-0.1, -0.05) is 41.7 Å². The van der Waals surface area contributed by atoms with Gasteiger partial charge in [-0.25, -0.2) is 4.98 Å². The molecule has 2 aromatic heterocycles. The number of aromatic nitrogens is 1. The first-order chi connectivity index (χ1) is 17.4. The van der Waals surface area contributed by atoms with E-state index in [0.717, 1.165) is 21.3 Å². The Labute approximate surface area is 210 Å². The normalized spacial score (nSPS) is 15.1. The summed E-state index contributed by atoms with van der Waals surface area (Å²) < 4.78 is 18.3. The number of benzene rings is 3.